The summed E-state index contributed by atoms with van der Waals surface area (Å²) in [5, 5.41) is 0. The standard InChI is InChI=1S/C14H23NO7/c1-12(2)18-6-7(20-12)8-14(15,11(16)17-5)9-10(19-8)22-13(3,4)21-9/h7-10H,6,15H2,1-5H3/t7-,8-,9+,10-,14-/m1/s1. The molecule has 3 aliphatic rings. The van der Waals surface area contributed by atoms with Crippen molar-refractivity contribution in [3.8, 4) is 0 Å². The van der Waals surface area contributed by atoms with Crippen molar-refractivity contribution in [2.75, 3.05) is 13.7 Å². The topological polar surface area (TPSA) is 98.5 Å². The number of ether oxygens (including phenoxy) is 6. The highest BCUT2D eigenvalue weighted by atomic mass is 16.8. The van der Waals surface area contributed by atoms with Crippen LogP contribution in [0.15, 0.2) is 0 Å². The molecule has 0 bridgehead atoms. The highest BCUT2D eigenvalue weighted by molar-refractivity contribution is 5.83. The summed E-state index contributed by atoms with van der Waals surface area (Å²) in [4.78, 5) is 12.4. The molecule has 0 amide bonds. The molecule has 3 rings (SSSR count). The van der Waals surface area contributed by atoms with Crippen LogP contribution in [0.4, 0.5) is 0 Å². The third-order valence-corrected chi connectivity index (χ3v) is 4.19. The van der Waals surface area contributed by atoms with Crippen molar-refractivity contribution in [1.29, 1.82) is 0 Å². The molecule has 22 heavy (non-hydrogen) atoms. The molecule has 0 aromatic heterocycles. The molecule has 3 fully saturated rings. The molecule has 8 heteroatoms. The lowest BCUT2D eigenvalue weighted by molar-refractivity contribution is -0.230. The van der Waals surface area contributed by atoms with E-state index in [1.807, 2.05) is 0 Å². The largest absolute Gasteiger partial charge is 0.467 e. The zero-order valence-corrected chi connectivity index (χ0v) is 13.5. The molecule has 0 saturated carbocycles. The van der Waals surface area contributed by atoms with E-state index in [2.05, 4.69) is 0 Å². The first-order valence-electron chi connectivity index (χ1n) is 7.29. The first kappa shape index (κ1) is 16.1. The van der Waals surface area contributed by atoms with Crippen molar-refractivity contribution in [3.63, 3.8) is 0 Å². The fourth-order valence-electron chi connectivity index (χ4n) is 3.24. The third-order valence-electron chi connectivity index (χ3n) is 4.19. The van der Waals surface area contributed by atoms with Gasteiger partial charge in [0.2, 0.25) is 0 Å². The van der Waals surface area contributed by atoms with Gasteiger partial charge in [0.1, 0.15) is 18.3 Å². The van der Waals surface area contributed by atoms with Crippen LogP contribution in [0.5, 0.6) is 0 Å². The third kappa shape index (κ3) is 2.34. The fraction of sp³-hybridized carbons (Fsp3) is 0.929. The number of rotatable bonds is 2. The lowest BCUT2D eigenvalue weighted by Gasteiger charge is -2.34. The van der Waals surface area contributed by atoms with Crippen LogP contribution < -0.4 is 5.73 Å². The van der Waals surface area contributed by atoms with Gasteiger partial charge in [0.15, 0.2) is 23.4 Å². The Balaban J connectivity index is 1.90. The summed E-state index contributed by atoms with van der Waals surface area (Å²) in [5.74, 6) is -2.27. The SMILES string of the molecule is COC(=O)[C@@]1(N)[C@@H]([C@H]2COC(C)(C)O2)O[C@@H]2OC(C)(C)O[C@@H]21. The van der Waals surface area contributed by atoms with Crippen LogP contribution >= 0.6 is 0 Å². The van der Waals surface area contributed by atoms with Gasteiger partial charge >= 0.3 is 5.97 Å². The van der Waals surface area contributed by atoms with Crippen LogP contribution in [0, 0.1) is 0 Å². The van der Waals surface area contributed by atoms with E-state index >= 15 is 0 Å². The summed E-state index contributed by atoms with van der Waals surface area (Å²) in [6.45, 7) is 7.31. The second kappa shape index (κ2) is 4.86. The Hall–Kier alpha value is -0.770. The van der Waals surface area contributed by atoms with Crippen molar-refractivity contribution in [2.24, 2.45) is 5.73 Å². The summed E-state index contributed by atoms with van der Waals surface area (Å²) >= 11 is 0. The van der Waals surface area contributed by atoms with Gasteiger partial charge in [-0.1, -0.05) is 0 Å². The zero-order valence-electron chi connectivity index (χ0n) is 13.5. The summed E-state index contributed by atoms with van der Waals surface area (Å²) in [6.07, 6.45) is -2.82. The van der Waals surface area contributed by atoms with Gasteiger partial charge in [-0.2, -0.15) is 0 Å². The lowest BCUT2D eigenvalue weighted by atomic mass is 9.86. The number of nitrogens with two attached hydrogens (primary N) is 1. The molecule has 3 aliphatic heterocycles. The van der Waals surface area contributed by atoms with Gasteiger partial charge in [0, 0.05) is 0 Å². The molecule has 126 valence electrons. The molecule has 0 unspecified atom stereocenters. The van der Waals surface area contributed by atoms with Crippen LogP contribution in [0.2, 0.25) is 0 Å². The van der Waals surface area contributed by atoms with E-state index in [1.165, 1.54) is 7.11 Å². The molecule has 2 N–H and O–H groups in total. The second-order valence-corrected chi connectivity index (χ2v) is 6.77. The number of hydrogen-bond acceptors (Lipinski definition) is 8. The van der Waals surface area contributed by atoms with Crippen molar-refractivity contribution in [3.05, 3.63) is 0 Å². The molecule has 0 radical (unpaired) electrons. The minimum atomic E-state index is -1.53. The molecular weight excluding hydrogens is 294 g/mol. The summed E-state index contributed by atoms with van der Waals surface area (Å²) < 4.78 is 33.5. The molecule has 0 aromatic carbocycles. The van der Waals surface area contributed by atoms with E-state index in [0.29, 0.717) is 0 Å². The summed E-state index contributed by atoms with van der Waals surface area (Å²) in [6, 6.07) is 0. The first-order chi connectivity index (χ1) is 10.1. The van der Waals surface area contributed by atoms with Crippen LogP contribution in [0.3, 0.4) is 0 Å². The maximum atomic E-state index is 12.4. The van der Waals surface area contributed by atoms with Gasteiger partial charge in [-0.3, -0.25) is 0 Å². The van der Waals surface area contributed by atoms with Gasteiger partial charge in [-0.25, -0.2) is 4.79 Å². The zero-order chi connectivity index (χ0) is 16.3. The van der Waals surface area contributed by atoms with Crippen molar-refractivity contribution >= 4 is 5.97 Å². The van der Waals surface area contributed by atoms with Gasteiger partial charge in [-0.15, -0.1) is 0 Å². The number of carbonyl (C=O) groups is 1. The number of esters is 1. The predicted octanol–water partition coefficient (Wildman–Crippen LogP) is -0.115. The highest BCUT2D eigenvalue weighted by Crippen LogP contribution is 2.45. The minimum Gasteiger partial charge on any atom is -0.467 e. The van der Waals surface area contributed by atoms with Crippen LogP contribution in [-0.4, -0.2) is 61.4 Å². The monoisotopic (exact) mass is 317 g/mol. The Morgan fingerprint density at radius 3 is 2.32 bits per heavy atom. The molecule has 0 aromatic rings. The van der Waals surface area contributed by atoms with Crippen LogP contribution in [-0.2, 0) is 33.2 Å². The number of methoxy groups -OCH3 is 1. The van der Waals surface area contributed by atoms with Crippen molar-refractivity contribution in [2.45, 2.75) is 69.4 Å². The molecule has 0 spiro atoms. The Bertz CT molecular complexity index is 480. The first-order valence-corrected chi connectivity index (χ1v) is 7.29. The van der Waals surface area contributed by atoms with E-state index in [-0.39, 0.29) is 6.61 Å². The minimum absolute atomic E-state index is 0.260. The maximum Gasteiger partial charge on any atom is 0.331 e. The molecule has 0 aliphatic carbocycles. The molecule has 3 saturated heterocycles. The van der Waals surface area contributed by atoms with E-state index in [1.54, 1.807) is 27.7 Å². The fourth-order valence-corrected chi connectivity index (χ4v) is 3.24. The van der Waals surface area contributed by atoms with Crippen LogP contribution in [0.25, 0.3) is 0 Å². The van der Waals surface area contributed by atoms with E-state index in [9.17, 15) is 4.79 Å². The Morgan fingerprint density at radius 2 is 1.77 bits per heavy atom. The average molecular weight is 317 g/mol. The smallest absolute Gasteiger partial charge is 0.331 e. The Kier molecular flexibility index (Phi) is 3.56. The molecule has 8 nitrogen and oxygen atoms in total. The molecule has 5 atom stereocenters. The Morgan fingerprint density at radius 1 is 1.09 bits per heavy atom. The number of hydrogen-bond donors (Lipinski definition) is 1. The van der Waals surface area contributed by atoms with Crippen molar-refractivity contribution in [1.82, 2.24) is 0 Å². The average Bonchev–Trinajstić information content (AvgIpc) is 3.00. The number of fused-ring (bicyclic) bond motifs is 1. The molecular formula is C14H23NO7. The van der Waals surface area contributed by atoms with E-state index in [4.69, 9.17) is 34.2 Å². The molecule has 3 heterocycles. The quantitative estimate of drug-likeness (QED) is 0.704. The Labute approximate surface area is 129 Å². The lowest BCUT2D eigenvalue weighted by Crippen LogP contribution is -2.65. The van der Waals surface area contributed by atoms with E-state index < -0.39 is 47.7 Å². The predicted molar refractivity (Wildman–Crippen MR) is 72.5 cm³/mol. The van der Waals surface area contributed by atoms with Gasteiger partial charge in [0.05, 0.1) is 13.7 Å². The second-order valence-electron chi connectivity index (χ2n) is 6.77. The summed E-state index contributed by atoms with van der Waals surface area (Å²) in [5.41, 5.74) is 4.87. The van der Waals surface area contributed by atoms with Gasteiger partial charge in [-0.05, 0) is 27.7 Å². The summed E-state index contributed by atoms with van der Waals surface area (Å²) in [7, 11) is 1.28. The van der Waals surface area contributed by atoms with Crippen molar-refractivity contribution < 1.29 is 33.2 Å². The van der Waals surface area contributed by atoms with Gasteiger partial charge in [0.25, 0.3) is 0 Å². The maximum absolute atomic E-state index is 12.4. The van der Waals surface area contributed by atoms with Gasteiger partial charge < -0.3 is 34.2 Å². The normalized spacial score (nSPS) is 45.7. The highest BCUT2D eigenvalue weighted by Gasteiger charge is 2.69. The number of carbonyl (C=O) groups excluding carboxylic acids is 1. The van der Waals surface area contributed by atoms with E-state index in [0.717, 1.165) is 0 Å². The van der Waals surface area contributed by atoms with Crippen LogP contribution in [0.1, 0.15) is 27.7 Å².